The highest BCUT2D eigenvalue weighted by atomic mass is 32.1. The highest BCUT2D eigenvalue weighted by Crippen LogP contribution is 2.25. The van der Waals surface area contributed by atoms with Crippen molar-refractivity contribution in [1.29, 1.82) is 0 Å². The van der Waals surface area contributed by atoms with Gasteiger partial charge in [-0.1, -0.05) is 30.3 Å². The standard InChI is InChI=1S/C21H26N4O3S/c26-19(12-16-14-29-21(23-16)25-11-5-10-22-20(25)27)24-17-8-4-9-18(17)28-13-15-6-2-1-3-7-15/h1-3,6-7,14,17-18H,4-5,8-13H2,(H,22,27)(H,24,26)/t17-,18+/m1/s1. The molecule has 3 amide bonds. The molecule has 2 N–H and O–H groups in total. The first kappa shape index (κ1) is 19.8. The van der Waals surface area contributed by atoms with Gasteiger partial charge in [-0.25, -0.2) is 9.78 Å². The highest BCUT2D eigenvalue weighted by Gasteiger charge is 2.29. The minimum Gasteiger partial charge on any atom is -0.371 e. The van der Waals surface area contributed by atoms with E-state index in [-0.39, 0.29) is 30.5 Å². The average Bonchev–Trinajstić information content (AvgIpc) is 3.37. The number of amides is 3. The van der Waals surface area contributed by atoms with Gasteiger partial charge in [0, 0.05) is 18.5 Å². The molecule has 1 aromatic carbocycles. The molecule has 1 aliphatic heterocycles. The summed E-state index contributed by atoms with van der Waals surface area (Å²) >= 11 is 1.40. The zero-order valence-electron chi connectivity index (χ0n) is 16.3. The third-order valence-corrected chi connectivity index (χ3v) is 6.21. The lowest BCUT2D eigenvalue weighted by Crippen LogP contribution is -2.46. The van der Waals surface area contributed by atoms with E-state index in [1.165, 1.54) is 11.3 Å². The summed E-state index contributed by atoms with van der Waals surface area (Å²) in [5, 5.41) is 8.44. The van der Waals surface area contributed by atoms with Crippen molar-refractivity contribution >= 4 is 28.4 Å². The number of benzene rings is 1. The normalized spacial score (nSPS) is 21.8. The Balaban J connectivity index is 1.28. The Morgan fingerprint density at radius 1 is 1.28 bits per heavy atom. The molecule has 1 saturated heterocycles. The number of nitrogens with zero attached hydrogens (tertiary/aromatic N) is 2. The van der Waals surface area contributed by atoms with Crippen molar-refractivity contribution in [2.24, 2.45) is 0 Å². The molecule has 2 aromatic rings. The summed E-state index contributed by atoms with van der Waals surface area (Å²) in [5.41, 5.74) is 1.84. The van der Waals surface area contributed by atoms with Gasteiger partial charge in [-0.3, -0.25) is 9.69 Å². The van der Waals surface area contributed by atoms with Crippen LogP contribution in [0.3, 0.4) is 0 Å². The van der Waals surface area contributed by atoms with Crippen molar-refractivity contribution in [3.8, 4) is 0 Å². The lowest BCUT2D eigenvalue weighted by molar-refractivity contribution is -0.122. The van der Waals surface area contributed by atoms with Crippen LogP contribution in [0, 0.1) is 0 Å². The van der Waals surface area contributed by atoms with E-state index < -0.39 is 0 Å². The van der Waals surface area contributed by atoms with E-state index in [4.69, 9.17) is 4.74 Å². The second-order valence-corrected chi connectivity index (χ2v) is 8.31. The number of rotatable bonds is 7. The summed E-state index contributed by atoms with van der Waals surface area (Å²) < 4.78 is 6.07. The van der Waals surface area contributed by atoms with Crippen molar-refractivity contribution in [2.45, 2.75) is 50.9 Å². The zero-order valence-corrected chi connectivity index (χ0v) is 17.1. The molecule has 1 saturated carbocycles. The van der Waals surface area contributed by atoms with Crippen LogP contribution in [0.2, 0.25) is 0 Å². The number of anilines is 1. The summed E-state index contributed by atoms with van der Waals surface area (Å²) in [6.07, 6.45) is 4.10. The van der Waals surface area contributed by atoms with Crippen LogP contribution in [-0.2, 0) is 22.6 Å². The predicted molar refractivity (Wildman–Crippen MR) is 112 cm³/mol. The predicted octanol–water partition coefficient (Wildman–Crippen LogP) is 2.86. The van der Waals surface area contributed by atoms with Crippen LogP contribution < -0.4 is 15.5 Å². The second-order valence-electron chi connectivity index (χ2n) is 7.48. The van der Waals surface area contributed by atoms with Crippen molar-refractivity contribution in [3.63, 3.8) is 0 Å². The topological polar surface area (TPSA) is 83.6 Å². The number of carbonyl (C=O) groups excluding carboxylic acids is 2. The van der Waals surface area contributed by atoms with Crippen LogP contribution >= 0.6 is 11.3 Å². The maximum Gasteiger partial charge on any atom is 0.323 e. The van der Waals surface area contributed by atoms with Gasteiger partial charge in [0.1, 0.15) is 0 Å². The number of ether oxygens (including phenoxy) is 1. The van der Waals surface area contributed by atoms with Crippen molar-refractivity contribution in [1.82, 2.24) is 15.6 Å². The maximum absolute atomic E-state index is 12.5. The molecule has 1 aromatic heterocycles. The van der Waals surface area contributed by atoms with Crippen LogP contribution in [0.1, 0.15) is 36.9 Å². The first-order valence-electron chi connectivity index (χ1n) is 10.1. The fourth-order valence-electron chi connectivity index (χ4n) is 3.80. The minimum absolute atomic E-state index is 0.0391. The Morgan fingerprint density at radius 2 is 2.14 bits per heavy atom. The molecule has 4 rings (SSSR count). The molecule has 154 valence electrons. The maximum atomic E-state index is 12.5. The van der Waals surface area contributed by atoms with Gasteiger partial charge in [0.15, 0.2) is 5.13 Å². The summed E-state index contributed by atoms with van der Waals surface area (Å²) in [7, 11) is 0. The molecule has 29 heavy (non-hydrogen) atoms. The van der Waals surface area contributed by atoms with Gasteiger partial charge in [0.25, 0.3) is 0 Å². The third kappa shape index (κ3) is 5.13. The first-order chi connectivity index (χ1) is 14.2. The fraction of sp³-hybridized carbons (Fsp3) is 0.476. The Morgan fingerprint density at radius 3 is 2.97 bits per heavy atom. The molecule has 0 unspecified atom stereocenters. The number of thiazole rings is 1. The smallest absolute Gasteiger partial charge is 0.323 e. The molecule has 2 fully saturated rings. The van der Waals surface area contributed by atoms with Gasteiger partial charge in [-0.15, -0.1) is 11.3 Å². The van der Waals surface area contributed by atoms with E-state index in [9.17, 15) is 9.59 Å². The summed E-state index contributed by atoms with van der Waals surface area (Å²) in [5.74, 6) is -0.0508. The monoisotopic (exact) mass is 414 g/mol. The average molecular weight is 415 g/mol. The number of nitrogens with one attached hydrogen (secondary N) is 2. The van der Waals surface area contributed by atoms with Gasteiger partial charge in [0.2, 0.25) is 5.91 Å². The van der Waals surface area contributed by atoms with Crippen molar-refractivity contribution in [2.75, 3.05) is 18.0 Å². The van der Waals surface area contributed by atoms with Crippen LogP contribution in [-0.4, -0.2) is 42.2 Å². The van der Waals surface area contributed by atoms with E-state index in [0.29, 0.717) is 30.5 Å². The molecular formula is C21H26N4O3S. The first-order valence-corrected chi connectivity index (χ1v) is 11.0. The molecule has 2 heterocycles. The molecule has 0 spiro atoms. The fourth-order valence-corrected chi connectivity index (χ4v) is 4.65. The number of urea groups is 1. The minimum atomic E-state index is -0.119. The van der Waals surface area contributed by atoms with Gasteiger partial charge >= 0.3 is 6.03 Å². The van der Waals surface area contributed by atoms with E-state index >= 15 is 0 Å². The molecule has 2 aliphatic rings. The highest BCUT2D eigenvalue weighted by molar-refractivity contribution is 7.14. The van der Waals surface area contributed by atoms with Crippen LogP contribution in [0.15, 0.2) is 35.7 Å². The molecule has 0 radical (unpaired) electrons. The van der Waals surface area contributed by atoms with Gasteiger partial charge in [-0.05, 0) is 31.2 Å². The Hall–Kier alpha value is -2.45. The molecule has 0 bridgehead atoms. The summed E-state index contributed by atoms with van der Waals surface area (Å²) in [6, 6.07) is 10.0. The van der Waals surface area contributed by atoms with E-state index in [0.717, 1.165) is 31.2 Å². The molecule has 7 nitrogen and oxygen atoms in total. The summed E-state index contributed by atoms with van der Waals surface area (Å²) in [4.78, 5) is 30.6. The van der Waals surface area contributed by atoms with Gasteiger partial charge in [-0.2, -0.15) is 0 Å². The van der Waals surface area contributed by atoms with E-state index in [2.05, 4.69) is 15.6 Å². The third-order valence-electron chi connectivity index (χ3n) is 5.30. The number of hydrogen-bond donors (Lipinski definition) is 2. The Bertz CT molecular complexity index is 841. The second kappa shape index (κ2) is 9.37. The lowest BCUT2D eigenvalue weighted by atomic mass is 10.2. The summed E-state index contributed by atoms with van der Waals surface area (Å²) in [6.45, 7) is 1.92. The number of carbonyl (C=O) groups is 2. The van der Waals surface area contributed by atoms with Crippen LogP contribution in [0.25, 0.3) is 0 Å². The number of hydrogen-bond acceptors (Lipinski definition) is 5. The molecule has 8 heteroatoms. The van der Waals surface area contributed by atoms with E-state index in [1.807, 2.05) is 35.7 Å². The van der Waals surface area contributed by atoms with Crippen molar-refractivity contribution in [3.05, 3.63) is 47.0 Å². The molecule has 2 atom stereocenters. The van der Waals surface area contributed by atoms with Crippen LogP contribution in [0.4, 0.5) is 9.93 Å². The number of aromatic nitrogens is 1. The van der Waals surface area contributed by atoms with E-state index in [1.54, 1.807) is 4.90 Å². The Labute approximate surface area is 174 Å². The largest absolute Gasteiger partial charge is 0.371 e. The van der Waals surface area contributed by atoms with Gasteiger partial charge < -0.3 is 15.4 Å². The Kier molecular flexibility index (Phi) is 6.41. The van der Waals surface area contributed by atoms with Crippen LogP contribution in [0.5, 0.6) is 0 Å². The zero-order chi connectivity index (χ0) is 20.1. The SMILES string of the molecule is O=C(Cc1csc(N2CCCNC2=O)n1)N[C@@H]1CCC[C@@H]1OCc1ccccc1. The quantitative estimate of drug-likeness (QED) is 0.730. The van der Waals surface area contributed by atoms with Crippen molar-refractivity contribution < 1.29 is 14.3 Å². The molecular weight excluding hydrogens is 388 g/mol. The lowest BCUT2D eigenvalue weighted by Gasteiger charge is -2.24. The molecule has 1 aliphatic carbocycles. The van der Waals surface area contributed by atoms with Gasteiger partial charge in [0.05, 0.1) is 30.9 Å².